The number of hydrogen-bond acceptors (Lipinski definition) is 1. The van der Waals surface area contributed by atoms with Crippen LogP contribution in [0.15, 0.2) is 18.2 Å². The van der Waals surface area contributed by atoms with E-state index in [4.69, 9.17) is 0 Å². The van der Waals surface area contributed by atoms with Gasteiger partial charge in [-0.2, -0.15) is 0 Å². The summed E-state index contributed by atoms with van der Waals surface area (Å²) in [6.45, 7) is 0. The Kier molecular flexibility index (Phi) is 1.68. The van der Waals surface area contributed by atoms with Crippen LogP contribution in [0.2, 0.25) is 0 Å². The number of alkyl halides is 1. The van der Waals surface area contributed by atoms with Crippen LogP contribution in [0, 0.1) is 0 Å². The number of aldehydes is 1. The van der Waals surface area contributed by atoms with Gasteiger partial charge in [-0.3, -0.25) is 4.79 Å². The van der Waals surface area contributed by atoms with Crippen LogP contribution in [-0.4, -0.2) is 6.29 Å². The second-order valence-electron chi connectivity index (χ2n) is 3.08. The molecule has 1 unspecified atom stereocenters. The van der Waals surface area contributed by atoms with Gasteiger partial charge in [-0.15, -0.1) is 0 Å². The first kappa shape index (κ1) is 7.47. The van der Waals surface area contributed by atoms with Gasteiger partial charge in [0.05, 0.1) is 0 Å². The SMILES string of the molecule is O=Cc1ccc2c(c1)C(F)CC2. The summed E-state index contributed by atoms with van der Waals surface area (Å²) >= 11 is 0. The number of halogens is 1. The summed E-state index contributed by atoms with van der Waals surface area (Å²) in [5, 5.41) is 0. The number of benzene rings is 1. The van der Waals surface area contributed by atoms with Gasteiger partial charge in [0.1, 0.15) is 12.5 Å². The molecule has 2 heteroatoms. The Labute approximate surface area is 70.2 Å². The van der Waals surface area contributed by atoms with E-state index in [0.29, 0.717) is 17.5 Å². The van der Waals surface area contributed by atoms with Crippen molar-refractivity contribution in [2.75, 3.05) is 0 Å². The van der Waals surface area contributed by atoms with Crippen molar-refractivity contribution in [3.63, 3.8) is 0 Å². The van der Waals surface area contributed by atoms with Crippen molar-refractivity contribution in [1.29, 1.82) is 0 Å². The summed E-state index contributed by atoms with van der Waals surface area (Å²) in [7, 11) is 0. The molecule has 0 aliphatic heterocycles. The van der Waals surface area contributed by atoms with Gasteiger partial charge in [0.2, 0.25) is 0 Å². The van der Waals surface area contributed by atoms with E-state index in [1.54, 1.807) is 12.1 Å². The largest absolute Gasteiger partial charge is 0.298 e. The third-order valence-corrected chi connectivity index (χ3v) is 2.31. The van der Waals surface area contributed by atoms with Crippen molar-refractivity contribution in [2.24, 2.45) is 0 Å². The molecular weight excluding hydrogens is 155 g/mol. The molecule has 2 rings (SSSR count). The molecule has 0 spiro atoms. The molecule has 0 saturated heterocycles. The van der Waals surface area contributed by atoms with E-state index in [-0.39, 0.29) is 0 Å². The zero-order valence-electron chi connectivity index (χ0n) is 6.59. The first-order chi connectivity index (χ1) is 5.81. The third kappa shape index (κ3) is 1.04. The minimum Gasteiger partial charge on any atom is -0.298 e. The van der Waals surface area contributed by atoms with Crippen molar-refractivity contribution < 1.29 is 9.18 Å². The lowest BCUT2D eigenvalue weighted by molar-refractivity contribution is 0.112. The quantitative estimate of drug-likeness (QED) is 0.582. The van der Waals surface area contributed by atoms with Crippen LogP contribution in [0.25, 0.3) is 0 Å². The van der Waals surface area contributed by atoms with E-state index in [0.717, 1.165) is 18.3 Å². The van der Waals surface area contributed by atoms with Crippen molar-refractivity contribution in [3.05, 3.63) is 34.9 Å². The van der Waals surface area contributed by atoms with Crippen molar-refractivity contribution in [1.82, 2.24) is 0 Å². The Hall–Kier alpha value is -1.18. The second kappa shape index (κ2) is 2.70. The molecule has 62 valence electrons. The number of hydrogen-bond donors (Lipinski definition) is 0. The molecule has 0 bridgehead atoms. The number of aryl methyl sites for hydroxylation is 1. The summed E-state index contributed by atoms with van der Waals surface area (Å²) in [6, 6.07) is 5.24. The van der Waals surface area contributed by atoms with E-state index in [9.17, 15) is 9.18 Å². The molecule has 1 aromatic rings. The first-order valence-corrected chi connectivity index (χ1v) is 4.03. The van der Waals surface area contributed by atoms with Crippen LogP contribution in [0.4, 0.5) is 4.39 Å². The zero-order chi connectivity index (χ0) is 8.55. The third-order valence-electron chi connectivity index (χ3n) is 2.31. The Balaban J connectivity index is 2.50. The molecule has 12 heavy (non-hydrogen) atoms. The molecule has 0 N–H and O–H groups in total. The highest BCUT2D eigenvalue weighted by molar-refractivity contribution is 5.75. The predicted octanol–water partition coefficient (Wildman–Crippen LogP) is 2.46. The molecule has 0 saturated carbocycles. The Bertz CT molecular complexity index is 320. The average molecular weight is 164 g/mol. The molecule has 0 fully saturated rings. The lowest BCUT2D eigenvalue weighted by Gasteiger charge is -2.01. The summed E-state index contributed by atoms with van der Waals surface area (Å²) in [5.74, 6) is 0. The van der Waals surface area contributed by atoms with Crippen LogP contribution in [0.1, 0.15) is 34.1 Å². The van der Waals surface area contributed by atoms with Gasteiger partial charge < -0.3 is 0 Å². The molecule has 0 aromatic heterocycles. The molecule has 1 atom stereocenters. The monoisotopic (exact) mass is 164 g/mol. The van der Waals surface area contributed by atoms with Gasteiger partial charge in [0.25, 0.3) is 0 Å². The fourth-order valence-corrected chi connectivity index (χ4v) is 1.64. The van der Waals surface area contributed by atoms with Gasteiger partial charge >= 0.3 is 0 Å². The van der Waals surface area contributed by atoms with Crippen LogP contribution in [0.3, 0.4) is 0 Å². The van der Waals surface area contributed by atoms with Crippen molar-refractivity contribution in [3.8, 4) is 0 Å². The highest BCUT2D eigenvalue weighted by Gasteiger charge is 2.21. The van der Waals surface area contributed by atoms with Gasteiger partial charge in [-0.25, -0.2) is 4.39 Å². The second-order valence-corrected chi connectivity index (χ2v) is 3.08. The summed E-state index contributed by atoms with van der Waals surface area (Å²) in [6.07, 6.45) is 1.26. The van der Waals surface area contributed by atoms with Crippen molar-refractivity contribution in [2.45, 2.75) is 19.0 Å². The summed E-state index contributed by atoms with van der Waals surface area (Å²) < 4.78 is 13.1. The molecule has 0 heterocycles. The van der Waals surface area contributed by atoms with E-state index in [1.165, 1.54) is 0 Å². The number of rotatable bonds is 1. The predicted molar refractivity (Wildman–Crippen MR) is 44.0 cm³/mol. The maximum Gasteiger partial charge on any atom is 0.150 e. The highest BCUT2D eigenvalue weighted by Crippen LogP contribution is 2.34. The molecule has 0 radical (unpaired) electrons. The first-order valence-electron chi connectivity index (χ1n) is 4.03. The average Bonchev–Trinajstić information content (AvgIpc) is 2.47. The molecule has 0 amide bonds. The topological polar surface area (TPSA) is 17.1 Å². The smallest absolute Gasteiger partial charge is 0.150 e. The maximum atomic E-state index is 13.1. The lowest BCUT2D eigenvalue weighted by Crippen LogP contribution is -1.88. The molecule has 1 aromatic carbocycles. The summed E-state index contributed by atoms with van der Waals surface area (Å²) in [5.41, 5.74) is 2.33. The van der Waals surface area contributed by atoms with Crippen molar-refractivity contribution >= 4 is 6.29 Å². The minimum absolute atomic E-state index is 0.567. The van der Waals surface area contributed by atoms with Crippen LogP contribution < -0.4 is 0 Å². The van der Waals surface area contributed by atoms with E-state index < -0.39 is 6.17 Å². The van der Waals surface area contributed by atoms with Crippen LogP contribution >= 0.6 is 0 Å². The van der Waals surface area contributed by atoms with Crippen LogP contribution in [-0.2, 0) is 6.42 Å². The summed E-state index contributed by atoms with van der Waals surface area (Å²) in [4.78, 5) is 10.4. The lowest BCUT2D eigenvalue weighted by atomic mass is 10.1. The normalized spacial score (nSPS) is 20.6. The van der Waals surface area contributed by atoms with Gasteiger partial charge in [-0.05, 0) is 30.0 Å². The fourth-order valence-electron chi connectivity index (χ4n) is 1.64. The Morgan fingerprint density at radius 1 is 1.50 bits per heavy atom. The Morgan fingerprint density at radius 2 is 2.33 bits per heavy atom. The molecule has 1 nitrogen and oxygen atoms in total. The highest BCUT2D eigenvalue weighted by atomic mass is 19.1. The van der Waals surface area contributed by atoms with Gasteiger partial charge in [0, 0.05) is 5.56 Å². The number of carbonyl (C=O) groups excluding carboxylic acids is 1. The van der Waals surface area contributed by atoms with E-state index in [2.05, 4.69) is 0 Å². The zero-order valence-corrected chi connectivity index (χ0v) is 6.59. The van der Waals surface area contributed by atoms with E-state index in [1.807, 2.05) is 6.07 Å². The standard InChI is InChI=1S/C10H9FO/c11-10-4-3-8-2-1-7(6-12)5-9(8)10/h1-2,5-6,10H,3-4H2. The minimum atomic E-state index is -0.861. The van der Waals surface area contributed by atoms with Gasteiger partial charge in [0.15, 0.2) is 0 Å². The fraction of sp³-hybridized carbons (Fsp3) is 0.300. The van der Waals surface area contributed by atoms with Gasteiger partial charge in [-0.1, -0.05) is 12.1 Å². The number of fused-ring (bicyclic) bond motifs is 1. The molecule has 1 aliphatic rings. The van der Waals surface area contributed by atoms with Crippen LogP contribution in [0.5, 0.6) is 0 Å². The Morgan fingerprint density at radius 3 is 3.08 bits per heavy atom. The maximum absolute atomic E-state index is 13.1. The van der Waals surface area contributed by atoms with E-state index >= 15 is 0 Å². The molecule has 1 aliphatic carbocycles. The number of carbonyl (C=O) groups is 1. The molecular formula is C10H9FO.